The van der Waals surface area contributed by atoms with Crippen molar-refractivity contribution < 1.29 is 9.59 Å². The van der Waals surface area contributed by atoms with Crippen LogP contribution in [0.25, 0.3) is 0 Å². The first-order valence-corrected chi connectivity index (χ1v) is 9.17. The SMILES string of the molecule is Cc1cc(C)c(CNC(=O)[C@@H]2CCCN2C(=O)c2cccs2)c(=O)[nH]1. The highest BCUT2D eigenvalue weighted by molar-refractivity contribution is 7.12. The molecule has 25 heavy (non-hydrogen) atoms. The molecule has 3 heterocycles. The third kappa shape index (κ3) is 3.66. The van der Waals surface area contributed by atoms with Crippen LogP contribution in [0.15, 0.2) is 28.4 Å². The largest absolute Gasteiger partial charge is 0.350 e. The summed E-state index contributed by atoms with van der Waals surface area (Å²) in [6.45, 7) is 4.42. The van der Waals surface area contributed by atoms with Gasteiger partial charge >= 0.3 is 0 Å². The summed E-state index contributed by atoms with van der Waals surface area (Å²) in [6, 6.07) is 5.01. The van der Waals surface area contributed by atoms with Crippen LogP contribution in [0.3, 0.4) is 0 Å². The Balaban J connectivity index is 1.69. The number of pyridine rings is 1. The van der Waals surface area contributed by atoms with E-state index in [-0.39, 0.29) is 23.9 Å². The van der Waals surface area contributed by atoms with Crippen LogP contribution in [0.2, 0.25) is 0 Å². The maximum Gasteiger partial charge on any atom is 0.264 e. The zero-order valence-electron chi connectivity index (χ0n) is 14.3. The Hall–Kier alpha value is -2.41. The molecule has 0 spiro atoms. The summed E-state index contributed by atoms with van der Waals surface area (Å²) < 4.78 is 0. The van der Waals surface area contributed by atoms with Crippen molar-refractivity contribution >= 4 is 23.2 Å². The summed E-state index contributed by atoms with van der Waals surface area (Å²) in [6.07, 6.45) is 1.45. The van der Waals surface area contributed by atoms with Crippen LogP contribution >= 0.6 is 11.3 Å². The molecule has 2 aromatic rings. The van der Waals surface area contributed by atoms with Gasteiger partial charge in [-0.05, 0) is 49.8 Å². The van der Waals surface area contributed by atoms with Crippen LogP contribution in [0.5, 0.6) is 0 Å². The summed E-state index contributed by atoms with van der Waals surface area (Å²) >= 11 is 1.38. The predicted molar refractivity (Wildman–Crippen MR) is 96.8 cm³/mol. The molecule has 7 heteroatoms. The molecule has 132 valence electrons. The second kappa shape index (κ2) is 7.23. The van der Waals surface area contributed by atoms with E-state index in [1.807, 2.05) is 31.4 Å². The van der Waals surface area contributed by atoms with Crippen molar-refractivity contribution in [1.82, 2.24) is 15.2 Å². The molecule has 1 fully saturated rings. The molecule has 1 aliphatic rings. The molecule has 1 saturated heterocycles. The maximum absolute atomic E-state index is 12.6. The molecule has 0 bridgehead atoms. The van der Waals surface area contributed by atoms with Gasteiger partial charge in [-0.15, -0.1) is 11.3 Å². The van der Waals surface area contributed by atoms with Crippen molar-refractivity contribution in [3.05, 3.63) is 55.6 Å². The highest BCUT2D eigenvalue weighted by Gasteiger charge is 2.34. The van der Waals surface area contributed by atoms with Gasteiger partial charge in [0.05, 0.1) is 4.88 Å². The molecule has 0 unspecified atom stereocenters. The first kappa shape index (κ1) is 17.4. The number of aromatic nitrogens is 1. The van der Waals surface area contributed by atoms with E-state index in [1.165, 1.54) is 11.3 Å². The van der Waals surface area contributed by atoms with Crippen molar-refractivity contribution in [3.63, 3.8) is 0 Å². The predicted octanol–water partition coefficient (Wildman–Crippen LogP) is 1.97. The van der Waals surface area contributed by atoms with Gasteiger partial charge in [-0.3, -0.25) is 14.4 Å². The summed E-state index contributed by atoms with van der Waals surface area (Å²) in [5, 5.41) is 4.67. The van der Waals surface area contributed by atoms with Crippen molar-refractivity contribution in [2.45, 2.75) is 39.3 Å². The number of nitrogens with zero attached hydrogens (tertiary/aromatic N) is 1. The Morgan fingerprint density at radius 2 is 2.20 bits per heavy atom. The summed E-state index contributed by atoms with van der Waals surface area (Å²) in [5.41, 5.74) is 2.00. The lowest BCUT2D eigenvalue weighted by Gasteiger charge is -2.23. The van der Waals surface area contributed by atoms with Crippen LogP contribution in [0.1, 0.15) is 39.3 Å². The first-order chi connectivity index (χ1) is 12.0. The van der Waals surface area contributed by atoms with E-state index in [0.29, 0.717) is 23.4 Å². The van der Waals surface area contributed by atoms with Gasteiger partial charge in [-0.25, -0.2) is 0 Å². The number of aryl methyl sites for hydroxylation is 2. The third-order valence-corrected chi connectivity index (χ3v) is 5.34. The number of carbonyl (C=O) groups excluding carboxylic acids is 2. The van der Waals surface area contributed by atoms with Gasteiger partial charge in [0.25, 0.3) is 11.5 Å². The number of H-pyrrole nitrogens is 1. The standard InChI is InChI=1S/C18H21N3O3S/c1-11-9-12(2)20-16(22)13(11)10-19-17(23)14-5-3-7-21(14)18(24)15-6-4-8-25-15/h4,6,8-9,14H,3,5,7,10H2,1-2H3,(H,19,23)(H,20,22)/t14-/m0/s1. The van der Waals surface area contributed by atoms with Crippen molar-refractivity contribution in [1.29, 1.82) is 0 Å². The lowest BCUT2D eigenvalue weighted by atomic mass is 10.1. The van der Waals surface area contributed by atoms with Crippen LogP contribution in [-0.2, 0) is 11.3 Å². The minimum Gasteiger partial charge on any atom is -0.350 e. The number of hydrogen-bond donors (Lipinski definition) is 2. The van der Waals surface area contributed by atoms with Gasteiger partial charge < -0.3 is 15.2 Å². The second-order valence-corrected chi connectivity index (χ2v) is 7.24. The van der Waals surface area contributed by atoms with Crippen LogP contribution in [0.4, 0.5) is 0 Å². The second-order valence-electron chi connectivity index (χ2n) is 6.29. The van der Waals surface area contributed by atoms with Crippen LogP contribution in [0, 0.1) is 13.8 Å². The van der Waals surface area contributed by atoms with Gasteiger partial charge in [0.2, 0.25) is 5.91 Å². The quantitative estimate of drug-likeness (QED) is 0.876. The Kier molecular flexibility index (Phi) is 5.03. The number of carbonyl (C=O) groups is 2. The average molecular weight is 359 g/mol. The molecule has 1 atom stereocenters. The molecule has 1 aliphatic heterocycles. The number of rotatable bonds is 4. The Morgan fingerprint density at radius 3 is 2.88 bits per heavy atom. The molecule has 6 nitrogen and oxygen atoms in total. The molecule has 0 radical (unpaired) electrons. The van der Waals surface area contributed by atoms with E-state index in [0.717, 1.165) is 17.7 Å². The minimum absolute atomic E-state index is 0.1000. The number of likely N-dealkylation sites (tertiary alicyclic amines) is 1. The molecule has 0 aliphatic carbocycles. The number of hydrogen-bond acceptors (Lipinski definition) is 4. The summed E-state index contributed by atoms with van der Waals surface area (Å²) in [4.78, 5) is 42.2. The van der Waals surface area contributed by atoms with Crippen molar-refractivity contribution in [2.24, 2.45) is 0 Å². The zero-order valence-corrected chi connectivity index (χ0v) is 15.1. The Labute approximate surface area is 149 Å². The van der Waals surface area contributed by atoms with Crippen LogP contribution < -0.4 is 10.9 Å². The van der Waals surface area contributed by atoms with E-state index in [9.17, 15) is 14.4 Å². The first-order valence-electron chi connectivity index (χ1n) is 8.29. The highest BCUT2D eigenvalue weighted by atomic mass is 32.1. The van der Waals surface area contributed by atoms with Gasteiger partial charge in [0.1, 0.15) is 6.04 Å². The van der Waals surface area contributed by atoms with Gasteiger partial charge in [0, 0.05) is 24.3 Å². The minimum atomic E-state index is -0.473. The number of aromatic amines is 1. The van der Waals surface area contributed by atoms with E-state index in [2.05, 4.69) is 10.3 Å². The van der Waals surface area contributed by atoms with Gasteiger partial charge in [0.15, 0.2) is 0 Å². The van der Waals surface area contributed by atoms with Gasteiger partial charge in [-0.1, -0.05) is 6.07 Å². The summed E-state index contributed by atoms with van der Waals surface area (Å²) in [7, 11) is 0. The normalized spacial score (nSPS) is 16.9. The molecule has 2 N–H and O–H groups in total. The van der Waals surface area contributed by atoms with E-state index in [1.54, 1.807) is 11.0 Å². The smallest absolute Gasteiger partial charge is 0.264 e. The fourth-order valence-electron chi connectivity index (χ4n) is 3.22. The fraction of sp³-hybridized carbons (Fsp3) is 0.389. The maximum atomic E-state index is 12.6. The molecule has 3 rings (SSSR count). The topological polar surface area (TPSA) is 82.3 Å². The number of nitrogens with one attached hydrogen (secondary N) is 2. The monoisotopic (exact) mass is 359 g/mol. The Morgan fingerprint density at radius 1 is 1.40 bits per heavy atom. The van der Waals surface area contributed by atoms with E-state index < -0.39 is 6.04 Å². The van der Waals surface area contributed by atoms with Crippen molar-refractivity contribution in [2.75, 3.05) is 6.54 Å². The van der Waals surface area contributed by atoms with E-state index in [4.69, 9.17) is 0 Å². The average Bonchev–Trinajstić information content (AvgIpc) is 3.24. The molecular weight excluding hydrogens is 338 g/mol. The lowest BCUT2D eigenvalue weighted by Crippen LogP contribution is -2.46. The lowest BCUT2D eigenvalue weighted by molar-refractivity contribution is -0.125. The molecule has 2 aromatic heterocycles. The van der Waals surface area contributed by atoms with Gasteiger partial charge in [-0.2, -0.15) is 0 Å². The van der Waals surface area contributed by atoms with Crippen molar-refractivity contribution in [3.8, 4) is 0 Å². The molecule has 0 aromatic carbocycles. The molecule has 2 amide bonds. The molecule has 0 saturated carbocycles. The molecular formula is C18H21N3O3S. The third-order valence-electron chi connectivity index (χ3n) is 4.48. The van der Waals surface area contributed by atoms with Crippen LogP contribution in [-0.4, -0.2) is 34.3 Å². The van der Waals surface area contributed by atoms with E-state index >= 15 is 0 Å². The number of amides is 2. The fourth-order valence-corrected chi connectivity index (χ4v) is 3.90. The zero-order chi connectivity index (χ0) is 18.0. The summed E-state index contributed by atoms with van der Waals surface area (Å²) in [5.74, 6) is -0.307. The highest BCUT2D eigenvalue weighted by Crippen LogP contribution is 2.22. The Bertz CT molecular complexity index is 842. The number of thiophene rings is 1.